The molecule has 0 saturated carbocycles. The molecule has 0 unspecified atom stereocenters. The van der Waals surface area contributed by atoms with Gasteiger partial charge in [-0.05, 0) is 6.92 Å². The van der Waals surface area contributed by atoms with Gasteiger partial charge in [-0.2, -0.15) is 5.10 Å². The lowest BCUT2D eigenvalue weighted by Crippen LogP contribution is -2.30. The van der Waals surface area contributed by atoms with Crippen LogP contribution < -0.4 is 10.6 Å². The lowest BCUT2D eigenvalue weighted by molar-refractivity contribution is 0.183. The quantitative estimate of drug-likeness (QED) is 0.623. The Morgan fingerprint density at radius 2 is 2.11 bits per heavy atom. The number of nitrogens with one attached hydrogen (secondary N) is 2. The van der Waals surface area contributed by atoms with E-state index >= 15 is 0 Å². The molecule has 3 rings (SSSR count). The zero-order chi connectivity index (χ0) is 19.1. The Kier molecular flexibility index (Phi) is 6.56. The predicted molar refractivity (Wildman–Crippen MR) is 107 cm³/mol. The van der Waals surface area contributed by atoms with Gasteiger partial charge in [0.2, 0.25) is 0 Å². The van der Waals surface area contributed by atoms with Crippen molar-refractivity contribution in [3.05, 3.63) is 53.3 Å². The summed E-state index contributed by atoms with van der Waals surface area (Å²) in [5.41, 5.74) is 3.98. The fraction of sp³-hybridized carbons (Fsp3) is 0.316. The van der Waals surface area contributed by atoms with Crippen LogP contribution in [0.1, 0.15) is 11.3 Å². The predicted octanol–water partition coefficient (Wildman–Crippen LogP) is 3.33. The Bertz CT molecular complexity index is 872. The van der Waals surface area contributed by atoms with E-state index in [0.29, 0.717) is 31.8 Å². The molecule has 2 N–H and O–H groups in total. The van der Waals surface area contributed by atoms with Gasteiger partial charge in [-0.25, -0.2) is 9.78 Å². The standard InChI is InChI=1S/C19H23N5O2S/c1-14-3-5-15(6-4-14)18-22-16(13-27-18)7-8-20-19(25)23-17-11-21-24(12-17)9-10-26-2/h3-6,11-13H,7-10H2,1-2H3,(H2,20,23,25). The summed E-state index contributed by atoms with van der Waals surface area (Å²) in [6, 6.07) is 8.07. The van der Waals surface area contributed by atoms with E-state index in [2.05, 4.69) is 51.9 Å². The summed E-state index contributed by atoms with van der Waals surface area (Å²) in [6.45, 7) is 3.80. The van der Waals surface area contributed by atoms with Gasteiger partial charge in [-0.1, -0.05) is 29.8 Å². The number of amides is 2. The molecule has 2 amide bonds. The highest BCUT2D eigenvalue weighted by Gasteiger charge is 2.07. The molecule has 2 heterocycles. The number of aryl methyl sites for hydroxylation is 1. The maximum absolute atomic E-state index is 12.0. The molecule has 8 heteroatoms. The molecule has 142 valence electrons. The van der Waals surface area contributed by atoms with E-state index in [9.17, 15) is 4.79 Å². The highest BCUT2D eigenvalue weighted by molar-refractivity contribution is 7.13. The fourth-order valence-corrected chi connectivity index (χ4v) is 3.33. The first-order valence-corrected chi connectivity index (χ1v) is 9.59. The van der Waals surface area contributed by atoms with Gasteiger partial charge in [0.05, 0.1) is 30.7 Å². The van der Waals surface area contributed by atoms with E-state index in [1.165, 1.54) is 5.56 Å². The number of rotatable bonds is 8. The largest absolute Gasteiger partial charge is 0.383 e. The first-order chi connectivity index (χ1) is 13.1. The van der Waals surface area contributed by atoms with E-state index in [4.69, 9.17) is 4.74 Å². The minimum atomic E-state index is -0.254. The van der Waals surface area contributed by atoms with Crippen molar-refractivity contribution in [1.82, 2.24) is 20.1 Å². The van der Waals surface area contributed by atoms with Crippen LogP contribution in [0.4, 0.5) is 10.5 Å². The molecule has 0 saturated heterocycles. The van der Waals surface area contributed by atoms with Crippen molar-refractivity contribution in [1.29, 1.82) is 0 Å². The normalized spacial score (nSPS) is 10.7. The number of hydrogen-bond donors (Lipinski definition) is 2. The molecule has 0 bridgehead atoms. The zero-order valence-corrected chi connectivity index (χ0v) is 16.3. The second kappa shape index (κ2) is 9.29. The number of hydrogen-bond acceptors (Lipinski definition) is 5. The second-order valence-electron chi connectivity index (χ2n) is 6.13. The van der Waals surface area contributed by atoms with E-state index in [1.807, 2.05) is 5.38 Å². The number of nitrogens with zero attached hydrogens (tertiary/aromatic N) is 3. The maximum atomic E-state index is 12.0. The molecule has 0 aliphatic rings. The highest BCUT2D eigenvalue weighted by atomic mass is 32.1. The van der Waals surface area contributed by atoms with Gasteiger partial charge in [-0.15, -0.1) is 11.3 Å². The number of carbonyl (C=O) groups is 1. The number of carbonyl (C=O) groups excluding carboxylic acids is 1. The Balaban J connectivity index is 1.43. The van der Waals surface area contributed by atoms with Crippen LogP contribution in [0.2, 0.25) is 0 Å². The average molecular weight is 385 g/mol. The number of methoxy groups -OCH3 is 1. The van der Waals surface area contributed by atoms with Crippen LogP contribution in [0.5, 0.6) is 0 Å². The molecular formula is C19H23N5O2S. The number of benzene rings is 1. The minimum Gasteiger partial charge on any atom is -0.383 e. The van der Waals surface area contributed by atoms with Gasteiger partial charge in [0, 0.05) is 37.2 Å². The highest BCUT2D eigenvalue weighted by Crippen LogP contribution is 2.24. The zero-order valence-electron chi connectivity index (χ0n) is 15.4. The van der Waals surface area contributed by atoms with Crippen LogP contribution in [0, 0.1) is 6.92 Å². The molecule has 27 heavy (non-hydrogen) atoms. The molecule has 0 aliphatic heterocycles. The van der Waals surface area contributed by atoms with Crippen molar-refractivity contribution in [2.24, 2.45) is 0 Å². The molecule has 3 aromatic rings. The molecule has 0 atom stereocenters. The van der Waals surface area contributed by atoms with Crippen LogP contribution in [0.25, 0.3) is 10.6 Å². The maximum Gasteiger partial charge on any atom is 0.319 e. The van der Waals surface area contributed by atoms with Crippen LogP contribution in [-0.2, 0) is 17.7 Å². The van der Waals surface area contributed by atoms with Gasteiger partial charge in [0.25, 0.3) is 0 Å². The number of ether oxygens (including phenoxy) is 1. The Labute approximate surface area is 162 Å². The van der Waals surface area contributed by atoms with Crippen LogP contribution in [0.3, 0.4) is 0 Å². The number of thiazole rings is 1. The monoisotopic (exact) mass is 385 g/mol. The molecule has 0 aliphatic carbocycles. The molecule has 1 aromatic carbocycles. The first kappa shape index (κ1) is 19.1. The summed E-state index contributed by atoms with van der Waals surface area (Å²) in [7, 11) is 1.64. The van der Waals surface area contributed by atoms with Gasteiger partial charge in [-0.3, -0.25) is 4.68 Å². The van der Waals surface area contributed by atoms with E-state index in [-0.39, 0.29) is 6.03 Å². The van der Waals surface area contributed by atoms with Crippen LogP contribution in [-0.4, -0.2) is 41.1 Å². The summed E-state index contributed by atoms with van der Waals surface area (Å²) in [5.74, 6) is 0. The summed E-state index contributed by atoms with van der Waals surface area (Å²) < 4.78 is 6.72. The van der Waals surface area contributed by atoms with E-state index in [0.717, 1.165) is 16.3 Å². The number of anilines is 1. The Morgan fingerprint density at radius 3 is 2.89 bits per heavy atom. The third-order valence-electron chi connectivity index (χ3n) is 3.93. The van der Waals surface area contributed by atoms with Crippen molar-refractivity contribution < 1.29 is 9.53 Å². The number of urea groups is 1. The SMILES string of the molecule is COCCn1cc(NC(=O)NCCc2csc(-c3ccc(C)cc3)n2)cn1. The van der Waals surface area contributed by atoms with Crippen molar-refractivity contribution in [2.75, 3.05) is 25.6 Å². The Hall–Kier alpha value is -2.71. The molecular weight excluding hydrogens is 362 g/mol. The molecule has 0 radical (unpaired) electrons. The van der Waals surface area contributed by atoms with Gasteiger partial charge in [0.15, 0.2) is 0 Å². The van der Waals surface area contributed by atoms with Crippen LogP contribution in [0.15, 0.2) is 42.0 Å². The summed E-state index contributed by atoms with van der Waals surface area (Å²) in [4.78, 5) is 16.6. The Morgan fingerprint density at radius 1 is 1.30 bits per heavy atom. The molecule has 0 spiro atoms. The summed E-state index contributed by atoms with van der Waals surface area (Å²) in [5, 5.41) is 12.8. The lowest BCUT2D eigenvalue weighted by Gasteiger charge is -2.04. The smallest absolute Gasteiger partial charge is 0.319 e. The molecule has 7 nitrogen and oxygen atoms in total. The van der Waals surface area contributed by atoms with Crippen molar-refractivity contribution in [3.8, 4) is 10.6 Å². The lowest BCUT2D eigenvalue weighted by atomic mass is 10.2. The van der Waals surface area contributed by atoms with Crippen molar-refractivity contribution in [2.45, 2.75) is 19.9 Å². The topological polar surface area (TPSA) is 81.1 Å². The fourth-order valence-electron chi connectivity index (χ4n) is 2.47. The summed E-state index contributed by atoms with van der Waals surface area (Å²) >= 11 is 1.62. The van der Waals surface area contributed by atoms with Crippen LogP contribution >= 0.6 is 11.3 Å². The van der Waals surface area contributed by atoms with Crippen molar-refractivity contribution in [3.63, 3.8) is 0 Å². The average Bonchev–Trinajstić information content (AvgIpc) is 3.30. The number of aromatic nitrogens is 3. The third-order valence-corrected chi connectivity index (χ3v) is 4.87. The second-order valence-corrected chi connectivity index (χ2v) is 6.98. The first-order valence-electron chi connectivity index (χ1n) is 8.72. The molecule has 0 fully saturated rings. The minimum absolute atomic E-state index is 0.254. The van der Waals surface area contributed by atoms with Gasteiger partial charge >= 0.3 is 6.03 Å². The van der Waals surface area contributed by atoms with E-state index in [1.54, 1.807) is 35.5 Å². The third kappa shape index (κ3) is 5.63. The van der Waals surface area contributed by atoms with Crippen molar-refractivity contribution >= 4 is 23.1 Å². The van der Waals surface area contributed by atoms with Gasteiger partial charge < -0.3 is 15.4 Å². The van der Waals surface area contributed by atoms with Gasteiger partial charge in [0.1, 0.15) is 5.01 Å². The molecule has 2 aromatic heterocycles. The van der Waals surface area contributed by atoms with E-state index < -0.39 is 0 Å². The summed E-state index contributed by atoms with van der Waals surface area (Å²) in [6.07, 6.45) is 4.07.